The fraction of sp³-hybridized carbons (Fsp3) is 0. The van der Waals surface area contributed by atoms with Gasteiger partial charge in [0.1, 0.15) is 11.7 Å². The molecule has 35 heavy (non-hydrogen) atoms. The van der Waals surface area contributed by atoms with Gasteiger partial charge in [0, 0.05) is 16.8 Å². The second-order valence-corrected chi connectivity index (χ2v) is 7.94. The molecule has 0 amide bonds. The number of benzene rings is 5. The molecule has 3 heteroatoms. The molecule has 0 saturated heterocycles. The number of hydrogen-bond donors (Lipinski definition) is 0. The number of para-hydroxylation sites is 3. The normalized spacial score (nSPS) is 11.8. The minimum Gasteiger partial charge on any atom is -0.278 e. The topological polar surface area (TPSA) is 28.0 Å². The van der Waals surface area contributed by atoms with Crippen LogP contribution in [0.15, 0.2) is 162 Å². The molecule has 0 heterocycles. The second kappa shape index (κ2) is 10.9. The van der Waals surface area contributed by atoms with Crippen molar-refractivity contribution >= 4 is 28.7 Å². The number of hydrogen-bond acceptors (Lipinski definition) is 2. The zero-order chi connectivity index (χ0) is 23.7. The minimum absolute atomic E-state index is 0.793. The molecule has 0 N–H and O–H groups in total. The van der Waals surface area contributed by atoms with Gasteiger partial charge < -0.3 is 0 Å². The van der Waals surface area contributed by atoms with Gasteiger partial charge in [0.25, 0.3) is 0 Å². The Bertz CT molecular complexity index is 1300. The highest BCUT2D eigenvalue weighted by Crippen LogP contribution is 2.26. The van der Waals surface area contributed by atoms with Gasteiger partial charge in [-0.25, -0.2) is 9.98 Å². The van der Waals surface area contributed by atoms with E-state index in [0.717, 1.165) is 39.9 Å². The molecule has 5 aromatic rings. The van der Waals surface area contributed by atoms with Crippen molar-refractivity contribution in [1.82, 2.24) is 0 Å². The van der Waals surface area contributed by atoms with Crippen molar-refractivity contribution in [3.63, 3.8) is 0 Å². The standard InChI is InChI=1S/C32H25N3/c1-6-16-26(17-7-1)31(33-28-20-10-3-11-21-28)35(30-24-14-5-15-25-30)32(27-18-8-2-9-19-27)34-29-22-12-4-13-23-29/h1-25H. The summed E-state index contributed by atoms with van der Waals surface area (Å²) in [6.45, 7) is 0. The Labute approximate surface area is 206 Å². The van der Waals surface area contributed by atoms with E-state index in [2.05, 4.69) is 41.3 Å². The molecule has 5 aromatic carbocycles. The van der Waals surface area contributed by atoms with Gasteiger partial charge in [-0.3, -0.25) is 4.90 Å². The highest BCUT2D eigenvalue weighted by atomic mass is 15.2. The molecular formula is C32H25N3. The van der Waals surface area contributed by atoms with Gasteiger partial charge in [-0.2, -0.15) is 0 Å². The van der Waals surface area contributed by atoms with Gasteiger partial charge in [-0.05, 0) is 36.4 Å². The summed E-state index contributed by atoms with van der Waals surface area (Å²) in [5.41, 5.74) is 4.72. The predicted molar refractivity (Wildman–Crippen MR) is 147 cm³/mol. The van der Waals surface area contributed by atoms with Crippen LogP contribution in [0.25, 0.3) is 0 Å². The van der Waals surface area contributed by atoms with Crippen molar-refractivity contribution in [1.29, 1.82) is 0 Å². The van der Waals surface area contributed by atoms with Crippen molar-refractivity contribution in [2.75, 3.05) is 4.90 Å². The van der Waals surface area contributed by atoms with Crippen LogP contribution in [-0.2, 0) is 0 Å². The number of amidine groups is 2. The van der Waals surface area contributed by atoms with Gasteiger partial charge in [0.15, 0.2) is 0 Å². The zero-order valence-electron chi connectivity index (χ0n) is 19.3. The fourth-order valence-electron chi connectivity index (χ4n) is 3.83. The molecule has 0 fully saturated rings. The Hall–Kier alpha value is -4.76. The van der Waals surface area contributed by atoms with E-state index in [1.165, 1.54) is 0 Å². The van der Waals surface area contributed by atoms with Crippen LogP contribution in [0.4, 0.5) is 17.1 Å². The summed E-state index contributed by atoms with van der Waals surface area (Å²) in [5, 5.41) is 0. The van der Waals surface area contributed by atoms with Crippen molar-refractivity contribution in [2.45, 2.75) is 0 Å². The van der Waals surface area contributed by atoms with Gasteiger partial charge in [-0.1, -0.05) is 115 Å². The Balaban J connectivity index is 1.80. The molecule has 168 valence electrons. The largest absolute Gasteiger partial charge is 0.278 e. The minimum atomic E-state index is 0.793. The number of rotatable bonds is 5. The van der Waals surface area contributed by atoms with Gasteiger partial charge in [0.05, 0.1) is 11.4 Å². The third-order valence-electron chi connectivity index (χ3n) is 5.48. The monoisotopic (exact) mass is 451 g/mol. The highest BCUT2D eigenvalue weighted by Gasteiger charge is 2.23. The van der Waals surface area contributed by atoms with Gasteiger partial charge in [-0.15, -0.1) is 0 Å². The molecule has 0 atom stereocenters. The number of nitrogens with zero attached hydrogens (tertiary/aromatic N) is 3. The van der Waals surface area contributed by atoms with E-state index >= 15 is 0 Å². The molecule has 0 aliphatic carbocycles. The maximum Gasteiger partial charge on any atom is 0.146 e. The molecule has 0 saturated carbocycles. The molecule has 0 bridgehead atoms. The van der Waals surface area contributed by atoms with E-state index < -0.39 is 0 Å². The second-order valence-electron chi connectivity index (χ2n) is 7.94. The molecular weight excluding hydrogens is 426 g/mol. The molecule has 0 spiro atoms. The lowest BCUT2D eigenvalue weighted by molar-refractivity contribution is 1.32. The summed E-state index contributed by atoms with van der Waals surface area (Å²) in [6.07, 6.45) is 0. The summed E-state index contributed by atoms with van der Waals surface area (Å²) in [4.78, 5) is 12.5. The summed E-state index contributed by atoms with van der Waals surface area (Å²) >= 11 is 0. The van der Waals surface area contributed by atoms with Crippen molar-refractivity contribution < 1.29 is 0 Å². The number of aliphatic imine (C=N–C) groups is 2. The van der Waals surface area contributed by atoms with Gasteiger partial charge >= 0.3 is 0 Å². The zero-order valence-corrected chi connectivity index (χ0v) is 19.3. The average molecular weight is 452 g/mol. The maximum atomic E-state index is 5.16. The van der Waals surface area contributed by atoms with Crippen LogP contribution >= 0.6 is 0 Å². The van der Waals surface area contributed by atoms with Gasteiger partial charge in [0.2, 0.25) is 0 Å². The molecule has 0 unspecified atom stereocenters. The van der Waals surface area contributed by atoms with E-state index in [1.807, 2.05) is 115 Å². The summed E-state index contributed by atoms with van der Waals surface area (Å²) in [5.74, 6) is 1.59. The van der Waals surface area contributed by atoms with Crippen LogP contribution in [0.5, 0.6) is 0 Å². The summed E-state index contributed by atoms with van der Waals surface area (Å²) in [7, 11) is 0. The van der Waals surface area contributed by atoms with E-state index in [9.17, 15) is 0 Å². The molecule has 0 aromatic heterocycles. The first-order valence-electron chi connectivity index (χ1n) is 11.6. The van der Waals surface area contributed by atoms with Crippen LogP contribution in [0.1, 0.15) is 11.1 Å². The molecule has 0 aliphatic rings. The average Bonchev–Trinajstić information content (AvgIpc) is 2.95. The van der Waals surface area contributed by atoms with E-state index in [0.29, 0.717) is 0 Å². The SMILES string of the molecule is c1ccc(N=C(c2ccccc2)N(C(=Nc2ccccc2)c2ccccc2)c2ccccc2)cc1. The van der Waals surface area contributed by atoms with Crippen molar-refractivity contribution in [3.8, 4) is 0 Å². The van der Waals surface area contributed by atoms with Crippen LogP contribution < -0.4 is 4.90 Å². The third kappa shape index (κ3) is 5.43. The Kier molecular flexibility index (Phi) is 6.87. The Morgan fingerprint density at radius 3 is 1.06 bits per heavy atom. The predicted octanol–water partition coefficient (Wildman–Crippen LogP) is 8.05. The number of anilines is 1. The lowest BCUT2D eigenvalue weighted by Gasteiger charge is -2.28. The van der Waals surface area contributed by atoms with E-state index in [4.69, 9.17) is 9.98 Å². The maximum absolute atomic E-state index is 5.16. The molecule has 5 rings (SSSR count). The first-order chi connectivity index (χ1) is 17.4. The Morgan fingerprint density at radius 1 is 0.371 bits per heavy atom. The van der Waals surface area contributed by atoms with E-state index in [-0.39, 0.29) is 0 Å². The molecule has 0 aliphatic heterocycles. The van der Waals surface area contributed by atoms with Crippen LogP contribution in [0.2, 0.25) is 0 Å². The summed E-state index contributed by atoms with van der Waals surface area (Å²) < 4.78 is 0. The molecule has 0 radical (unpaired) electrons. The molecule has 3 nitrogen and oxygen atoms in total. The third-order valence-corrected chi connectivity index (χ3v) is 5.48. The van der Waals surface area contributed by atoms with Crippen molar-refractivity contribution in [2.24, 2.45) is 9.98 Å². The van der Waals surface area contributed by atoms with Crippen LogP contribution in [0.3, 0.4) is 0 Å². The lowest BCUT2D eigenvalue weighted by Crippen LogP contribution is -2.38. The smallest absolute Gasteiger partial charge is 0.146 e. The lowest BCUT2D eigenvalue weighted by atomic mass is 10.1. The first-order valence-corrected chi connectivity index (χ1v) is 11.6. The van der Waals surface area contributed by atoms with Crippen LogP contribution in [0, 0.1) is 0 Å². The highest BCUT2D eigenvalue weighted by molar-refractivity contribution is 6.30. The van der Waals surface area contributed by atoms with Crippen molar-refractivity contribution in [3.05, 3.63) is 163 Å². The Morgan fingerprint density at radius 2 is 0.686 bits per heavy atom. The summed E-state index contributed by atoms with van der Waals surface area (Å²) in [6, 6.07) is 50.9. The first kappa shape index (κ1) is 22.1. The quantitative estimate of drug-likeness (QED) is 0.196. The van der Waals surface area contributed by atoms with E-state index in [1.54, 1.807) is 0 Å². The van der Waals surface area contributed by atoms with Crippen LogP contribution in [-0.4, -0.2) is 11.7 Å². The fourth-order valence-corrected chi connectivity index (χ4v) is 3.83.